The number of halogens is 1. The maximum Gasteiger partial charge on any atom is 0.336 e. The highest BCUT2D eigenvalue weighted by Gasteiger charge is 2.46. The zero-order valence-corrected chi connectivity index (χ0v) is 20.4. The van der Waals surface area contributed by atoms with Gasteiger partial charge in [0.1, 0.15) is 11.3 Å². The summed E-state index contributed by atoms with van der Waals surface area (Å²) in [5, 5.41) is 1.17. The first kappa shape index (κ1) is 22.2. The number of carbonyl (C=O) groups excluding carboxylic acids is 1. The molecule has 3 aliphatic heterocycles. The van der Waals surface area contributed by atoms with Gasteiger partial charge in [-0.3, -0.25) is 9.69 Å². The smallest absolute Gasteiger partial charge is 0.336 e. The first-order valence-electron chi connectivity index (χ1n) is 12.6. The van der Waals surface area contributed by atoms with E-state index in [1.165, 1.54) is 43.9 Å². The van der Waals surface area contributed by atoms with Gasteiger partial charge in [-0.2, -0.15) is 0 Å². The molecule has 6 nitrogen and oxygen atoms in total. The minimum atomic E-state index is -0.416. The van der Waals surface area contributed by atoms with Crippen molar-refractivity contribution in [2.75, 3.05) is 26.2 Å². The highest BCUT2D eigenvalue weighted by molar-refractivity contribution is 6.32. The molecule has 0 radical (unpaired) electrons. The number of ether oxygens (including phenoxy) is 1. The predicted octanol–water partition coefficient (Wildman–Crippen LogP) is 4.56. The quantitative estimate of drug-likeness (QED) is 0.474. The lowest BCUT2D eigenvalue weighted by atomic mass is 9.68. The number of carbonyl (C=O) groups is 1. The maximum absolute atomic E-state index is 13.4. The van der Waals surface area contributed by atoms with Crippen molar-refractivity contribution in [3.8, 4) is 5.75 Å². The van der Waals surface area contributed by atoms with E-state index in [9.17, 15) is 9.59 Å². The second kappa shape index (κ2) is 8.72. The number of hydrogen-bond acceptors (Lipinski definition) is 5. The van der Waals surface area contributed by atoms with Crippen molar-refractivity contribution in [2.24, 2.45) is 11.8 Å². The molecule has 1 aromatic carbocycles. The Morgan fingerprint density at radius 2 is 2.09 bits per heavy atom. The van der Waals surface area contributed by atoms with Crippen molar-refractivity contribution < 1.29 is 13.9 Å². The fourth-order valence-corrected chi connectivity index (χ4v) is 7.12. The molecular weight excluding hydrogens is 452 g/mol. The Morgan fingerprint density at radius 1 is 1.21 bits per heavy atom. The van der Waals surface area contributed by atoms with Crippen molar-refractivity contribution in [1.82, 2.24) is 9.80 Å². The van der Waals surface area contributed by atoms with Gasteiger partial charge in [0.25, 0.3) is 5.91 Å². The molecule has 1 aromatic heterocycles. The summed E-state index contributed by atoms with van der Waals surface area (Å²) < 4.78 is 11.2. The standard InChI is InChI=1S/C27H31ClN2O4/c1-16-9-26(32)34-23-13-24(21(28)12-20(16)23)33-15-25(31)30-8-4-5-17-10-18-11-19(27(17)30)14-29-7-3-2-6-22(18)29/h9-10,12-13,18-19,22,27H,2-8,11,14-15H2,1H3/t18-,19-,22?,27?/m0/s1. The Kier molecular flexibility index (Phi) is 5.69. The zero-order chi connectivity index (χ0) is 23.4. The maximum atomic E-state index is 13.4. The van der Waals surface area contributed by atoms with Gasteiger partial charge in [0.15, 0.2) is 6.61 Å². The van der Waals surface area contributed by atoms with Gasteiger partial charge in [-0.15, -0.1) is 0 Å². The van der Waals surface area contributed by atoms with E-state index in [-0.39, 0.29) is 18.6 Å². The summed E-state index contributed by atoms with van der Waals surface area (Å²) in [7, 11) is 0. The van der Waals surface area contributed by atoms with Crippen LogP contribution in [0.15, 0.2) is 39.1 Å². The van der Waals surface area contributed by atoms with Crippen LogP contribution in [-0.4, -0.2) is 54.0 Å². The van der Waals surface area contributed by atoms with Crippen LogP contribution in [0.4, 0.5) is 0 Å². The summed E-state index contributed by atoms with van der Waals surface area (Å²) >= 11 is 6.44. The van der Waals surface area contributed by atoms with Gasteiger partial charge in [0.05, 0.1) is 11.1 Å². The van der Waals surface area contributed by atoms with E-state index in [2.05, 4.69) is 15.9 Å². The van der Waals surface area contributed by atoms with E-state index >= 15 is 0 Å². The Bertz CT molecular complexity index is 1220. The largest absolute Gasteiger partial charge is 0.482 e. The Balaban J connectivity index is 1.21. The number of aryl methyl sites for hydroxylation is 1. The highest BCUT2D eigenvalue weighted by atomic mass is 35.5. The zero-order valence-electron chi connectivity index (χ0n) is 19.6. The SMILES string of the molecule is Cc1cc(=O)oc2cc(OCC(=O)N3CCCC4=C[C@H]5C[C@@H](CN6CCCCC56)C43)c(Cl)cc12. The minimum absolute atomic E-state index is 0.00308. The topological polar surface area (TPSA) is 63.0 Å². The third-order valence-corrected chi connectivity index (χ3v) is 8.63. The highest BCUT2D eigenvalue weighted by Crippen LogP contribution is 2.45. The number of amides is 1. The van der Waals surface area contributed by atoms with Crippen molar-refractivity contribution in [2.45, 2.75) is 57.5 Å². The lowest BCUT2D eigenvalue weighted by Crippen LogP contribution is -2.60. The van der Waals surface area contributed by atoms with Crippen molar-refractivity contribution >= 4 is 28.5 Å². The summed E-state index contributed by atoms with van der Waals surface area (Å²) in [6, 6.07) is 5.68. The lowest BCUT2D eigenvalue weighted by Gasteiger charge is -2.54. The van der Waals surface area contributed by atoms with Crippen LogP contribution in [0.2, 0.25) is 5.02 Å². The van der Waals surface area contributed by atoms with Gasteiger partial charge in [0, 0.05) is 36.7 Å². The number of fused-ring (bicyclic) bond motifs is 7. The second-order valence-corrected chi connectivity index (χ2v) is 10.8. The monoisotopic (exact) mass is 482 g/mol. The fraction of sp³-hybridized carbons (Fsp3) is 0.556. The fourth-order valence-electron chi connectivity index (χ4n) is 6.91. The van der Waals surface area contributed by atoms with Gasteiger partial charge in [-0.1, -0.05) is 29.7 Å². The van der Waals surface area contributed by atoms with E-state index in [1.54, 1.807) is 12.1 Å². The number of nitrogens with zero attached hydrogens (tertiary/aromatic N) is 2. The molecule has 180 valence electrons. The van der Waals surface area contributed by atoms with Crippen LogP contribution in [0.3, 0.4) is 0 Å². The molecule has 3 saturated heterocycles. The number of benzene rings is 1. The molecule has 2 bridgehead atoms. The first-order valence-corrected chi connectivity index (χ1v) is 13.0. The van der Waals surface area contributed by atoms with E-state index in [1.807, 2.05) is 6.92 Å². The van der Waals surface area contributed by atoms with Gasteiger partial charge in [-0.05, 0) is 69.0 Å². The van der Waals surface area contributed by atoms with Crippen LogP contribution in [-0.2, 0) is 4.79 Å². The van der Waals surface area contributed by atoms with Gasteiger partial charge in [-0.25, -0.2) is 4.79 Å². The molecule has 0 saturated carbocycles. The molecule has 6 rings (SSSR count). The van der Waals surface area contributed by atoms with Crippen molar-refractivity contribution in [1.29, 1.82) is 0 Å². The van der Waals surface area contributed by atoms with Crippen molar-refractivity contribution in [3.05, 3.63) is 50.9 Å². The van der Waals surface area contributed by atoms with Crippen LogP contribution in [0.5, 0.6) is 5.75 Å². The molecule has 4 atom stereocenters. The number of rotatable bonds is 3. The average molecular weight is 483 g/mol. The van der Waals surface area contributed by atoms with Crippen LogP contribution in [0, 0.1) is 18.8 Å². The molecule has 2 unspecified atom stereocenters. The number of likely N-dealkylation sites (tertiary alicyclic amines) is 1. The molecule has 0 spiro atoms. The minimum Gasteiger partial charge on any atom is -0.482 e. The van der Waals surface area contributed by atoms with Crippen LogP contribution in [0.1, 0.15) is 44.1 Å². The first-order chi connectivity index (χ1) is 16.5. The number of piperidine rings is 3. The van der Waals surface area contributed by atoms with Gasteiger partial charge >= 0.3 is 5.63 Å². The van der Waals surface area contributed by atoms with E-state index < -0.39 is 5.63 Å². The van der Waals surface area contributed by atoms with Gasteiger partial charge in [0.2, 0.25) is 0 Å². The van der Waals surface area contributed by atoms with E-state index in [0.29, 0.717) is 34.2 Å². The molecule has 34 heavy (non-hydrogen) atoms. The molecular formula is C27H31ClN2O4. The van der Waals surface area contributed by atoms with Crippen molar-refractivity contribution in [3.63, 3.8) is 0 Å². The average Bonchev–Trinajstić information content (AvgIpc) is 2.83. The third kappa shape index (κ3) is 3.85. The predicted molar refractivity (Wildman–Crippen MR) is 131 cm³/mol. The molecule has 4 heterocycles. The van der Waals surface area contributed by atoms with E-state index in [4.69, 9.17) is 20.8 Å². The summed E-state index contributed by atoms with van der Waals surface area (Å²) in [5.41, 5.74) is 2.26. The number of hydrogen-bond donors (Lipinski definition) is 0. The lowest BCUT2D eigenvalue weighted by molar-refractivity contribution is -0.138. The summed E-state index contributed by atoms with van der Waals surface area (Å²) in [6.45, 7) is 4.83. The molecule has 1 amide bonds. The Labute approximate surface area is 204 Å². The Morgan fingerprint density at radius 3 is 2.97 bits per heavy atom. The van der Waals surface area contributed by atoms with Gasteiger partial charge < -0.3 is 14.1 Å². The summed E-state index contributed by atoms with van der Waals surface area (Å²) in [5.74, 6) is 1.51. The van der Waals surface area contributed by atoms with Crippen LogP contribution >= 0.6 is 11.6 Å². The van der Waals surface area contributed by atoms with E-state index in [0.717, 1.165) is 36.9 Å². The molecule has 3 fully saturated rings. The normalized spacial score (nSPS) is 28.8. The second-order valence-electron chi connectivity index (χ2n) is 10.4. The molecule has 4 aliphatic rings. The molecule has 7 heteroatoms. The Hall–Kier alpha value is -2.31. The molecule has 2 aromatic rings. The van der Waals surface area contributed by atoms with Crippen LogP contribution in [0.25, 0.3) is 11.0 Å². The third-order valence-electron chi connectivity index (χ3n) is 8.33. The molecule has 1 aliphatic carbocycles. The summed E-state index contributed by atoms with van der Waals surface area (Å²) in [4.78, 5) is 29.9. The van der Waals surface area contributed by atoms with Crippen LogP contribution < -0.4 is 10.4 Å². The molecule has 0 N–H and O–H groups in total. The summed E-state index contributed by atoms with van der Waals surface area (Å²) in [6.07, 6.45) is 9.77.